The van der Waals surface area contributed by atoms with Gasteiger partial charge in [-0.05, 0) is 29.7 Å². The lowest BCUT2D eigenvalue weighted by Gasteiger charge is -2.36. The summed E-state index contributed by atoms with van der Waals surface area (Å²) >= 11 is 0. The van der Waals surface area contributed by atoms with Crippen LogP contribution < -0.4 is 4.74 Å². The molecule has 2 amide bonds. The molecule has 2 aromatic rings. The summed E-state index contributed by atoms with van der Waals surface area (Å²) in [6, 6.07) is 17.8. The summed E-state index contributed by atoms with van der Waals surface area (Å²) in [7, 11) is 1.61. The van der Waals surface area contributed by atoms with Crippen molar-refractivity contribution in [2.75, 3.05) is 39.8 Å². The Hall–Kier alpha value is -3.12. The second-order valence-corrected chi connectivity index (χ2v) is 7.96. The number of benzene rings is 2. The molecule has 0 saturated carbocycles. The Balaban J connectivity index is 1.57. The van der Waals surface area contributed by atoms with Crippen molar-refractivity contribution in [1.82, 2.24) is 14.7 Å². The molecule has 162 valence electrons. The van der Waals surface area contributed by atoms with E-state index in [-0.39, 0.29) is 11.8 Å². The van der Waals surface area contributed by atoms with Gasteiger partial charge in [-0.15, -0.1) is 0 Å². The third-order valence-electron chi connectivity index (χ3n) is 5.91. The number of hydrogen-bond donors (Lipinski definition) is 0. The van der Waals surface area contributed by atoms with E-state index in [1.54, 1.807) is 7.11 Å². The third kappa shape index (κ3) is 4.35. The molecule has 2 aliphatic rings. The van der Waals surface area contributed by atoms with Crippen LogP contribution in [0.15, 0.2) is 60.3 Å². The largest absolute Gasteiger partial charge is 0.497 e. The summed E-state index contributed by atoms with van der Waals surface area (Å²) in [5.74, 6) is 0.357. The van der Waals surface area contributed by atoms with E-state index in [1.165, 1.54) is 10.5 Å². The number of hydrogen-bond acceptors (Lipinski definition) is 5. The Kier molecular flexibility index (Phi) is 6.37. The summed E-state index contributed by atoms with van der Waals surface area (Å²) in [5, 5.41) is 0. The minimum atomic E-state index is -0.196. The summed E-state index contributed by atoms with van der Waals surface area (Å²) in [6.07, 6.45) is 0.742. The van der Waals surface area contributed by atoms with Crippen LogP contribution in [0.4, 0.5) is 0 Å². The lowest BCUT2D eigenvalue weighted by Crippen LogP contribution is -2.47. The fraction of sp³-hybridized carbons (Fsp3) is 0.360. The molecule has 4 rings (SSSR count). The van der Waals surface area contributed by atoms with Crippen molar-refractivity contribution < 1.29 is 14.3 Å². The predicted molar refractivity (Wildman–Crippen MR) is 120 cm³/mol. The molecule has 0 unspecified atom stereocenters. The zero-order valence-electron chi connectivity index (χ0n) is 18.2. The second-order valence-electron chi connectivity index (χ2n) is 7.96. The van der Waals surface area contributed by atoms with Crippen molar-refractivity contribution in [3.8, 4) is 5.75 Å². The van der Waals surface area contributed by atoms with Crippen molar-refractivity contribution in [2.24, 2.45) is 0 Å². The predicted octanol–water partition coefficient (Wildman–Crippen LogP) is 3.00. The number of methoxy groups -OCH3 is 1. The fourth-order valence-electron chi connectivity index (χ4n) is 4.27. The van der Waals surface area contributed by atoms with Gasteiger partial charge in [0.2, 0.25) is 0 Å². The average molecular weight is 420 g/mol. The van der Waals surface area contributed by atoms with Crippen LogP contribution in [0.2, 0.25) is 0 Å². The molecule has 0 bridgehead atoms. The zero-order chi connectivity index (χ0) is 21.8. The van der Waals surface area contributed by atoms with E-state index < -0.39 is 0 Å². The van der Waals surface area contributed by atoms with Crippen molar-refractivity contribution in [3.05, 3.63) is 71.4 Å². The maximum absolute atomic E-state index is 13.3. The highest BCUT2D eigenvalue weighted by molar-refractivity contribution is 6.35. The van der Waals surface area contributed by atoms with Crippen LogP contribution in [0.1, 0.15) is 24.5 Å². The van der Waals surface area contributed by atoms with Gasteiger partial charge in [-0.3, -0.25) is 19.4 Å². The molecule has 2 heterocycles. The van der Waals surface area contributed by atoms with Gasteiger partial charge in [-0.2, -0.15) is 0 Å². The summed E-state index contributed by atoms with van der Waals surface area (Å²) in [5.41, 5.74) is 3.11. The lowest BCUT2D eigenvalue weighted by atomic mass is 10.0. The highest BCUT2D eigenvalue weighted by atomic mass is 16.5. The van der Waals surface area contributed by atoms with Crippen LogP contribution in [0, 0.1) is 0 Å². The molecular weight excluding hydrogens is 390 g/mol. The second kappa shape index (κ2) is 9.35. The molecule has 6 nitrogen and oxygen atoms in total. The van der Waals surface area contributed by atoms with E-state index in [4.69, 9.17) is 4.74 Å². The Bertz CT molecular complexity index is 961. The molecule has 0 aromatic heterocycles. The minimum Gasteiger partial charge on any atom is -0.497 e. The maximum atomic E-state index is 13.3. The Morgan fingerprint density at radius 3 is 2.16 bits per heavy atom. The third-order valence-corrected chi connectivity index (χ3v) is 5.91. The van der Waals surface area contributed by atoms with Gasteiger partial charge in [0.05, 0.1) is 12.7 Å². The van der Waals surface area contributed by atoms with E-state index in [0.717, 1.165) is 50.5 Å². The molecule has 31 heavy (non-hydrogen) atoms. The first kappa shape index (κ1) is 21.1. The quantitative estimate of drug-likeness (QED) is 0.646. The van der Waals surface area contributed by atoms with E-state index in [9.17, 15) is 9.59 Å². The molecular formula is C25H29N3O3. The standard InChI is InChI=1S/C25H29N3O3/c1-3-13-28-24(29)22(20-9-11-21(31-2)12-10-20)23(25(28)30)27-16-14-26(15-17-27)18-19-7-5-4-6-8-19/h4-12H,3,13-18H2,1-2H3. The summed E-state index contributed by atoms with van der Waals surface area (Å²) < 4.78 is 5.25. The fourth-order valence-corrected chi connectivity index (χ4v) is 4.27. The van der Waals surface area contributed by atoms with E-state index in [2.05, 4.69) is 34.1 Å². The Labute approximate surface area is 183 Å². The van der Waals surface area contributed by atoms with E-state index in [1.807, 2.05) is 37.3 Å². The van der Waals surface area contributed by atoms with Crippen LogP contribution >= 0.6 is 0 Å². The van der Waals surface area contributed by atoms with Gasteiger partial charge < -0.3 is 9.64 Å². The number of piperazine rings is 1. The van der Waals surface area contributed by atoms with Gasteiger partial charge in [-0.25, -0.2) is 0 Å². The molecule has 6 heteroatoms. The number of carbonyl (C=O) groups excluding carboxylic acids is 2. The van der Waals surface area contributed by atoms with Gasteiger partial charge in [0, 0.05) is 39.3 Å². The number of amides is 2. The molecule has 1 saturated heterocycles. The van der Waals surface area contributed by atoms with Crippen LogP contribution in [0.5, 0.6) is 5.75 Å². The van der Waals surface area contributed by atoms with Crippen molar-refractivity contribution in [2.45, 2.75) is 19.9 Å². The highest BCUT2D eigenvalue weighted by Crippen LogP contribution is 2.33. The monoisotopic (exact) mass is 419 g/mol. The smallest absolute Gasteiger partial charge is 0.277 e. The molecule has 0 N–H and O–H groups in total. The van der Waals surface area contributed by atoms with Gasteiger partial charge in [0.1, 0.15) is 11.4 Å². The Morgan fingerprint density at radius 1 is 0.871 bits per heavy atom. The first-order valence-corrected chi connectivity index (χ1v) is 10.9. The topological polar surface area (TPSA) is 53.1 Å². The number of nitrogens with zero attached hydrogens (tertiary/aromatic N) is 3. The van der Waals surface area contributed by atoms with E-state index in [0.29, 0.717) is 17.8 Å². The summed E-state index contributed by atoms with van der Waals surface area (Å²) in [6.45, 7) is 6.46. The maximum Gasteiger partial charge on any atom is 0.277 e. The van der Waals surface area contributed by atoms with Crippen molar-refractivity contribution >= 4 is 17.4 Å². The molecule has 0 radical (unpaired) electrons. The average Bonchev–Trinajstić information content (AvgIpc) is 3.05. The van der Waals surface area contributed by atoms with Crippen LogP contribution in [-0.2, 0) is 16.1 Å². The minimum absolute atomic E-state index is 0.172. The first-order valence-electron chi connectivity index (χ1n) is 10.9. The number of ether oxygens (including phenoxy) is 1. The van der Waals surface area contributed by atoms with E-state index >= 15 is 0 Å². The molecule has 0 aliphatic carbocycles. The Morgan fingerprint density at radius 2 is 1.55 bits per heavy atom. The molecule has 0 spiro atoms. The van der Waals surface area contributed by atoms with Gasteiger partial charge in [0.25, 0.3) is 11.8 Å². The van der Waals surface area contributed by atoms with Crippen LogP contribution in [0.3, 0.4) is 0 Å². The van der Waals surface area contributed by atoms with Crippen LogP contribution in [-0.4, -0.2) is 66.3 Å². The van der Waals surface area contributed by atoms with Gasteiger partial charge in [0.15, 0.2) is 0 Å². The number of imide groups is 1. The molecule has 0 atom stereocenters. The van der Waals surface area contributed by atoms with Gasteiger partial charge in [-0.1, -0.05) is 49.4 Å². The SMILES string of the molecule is CCCN1C(=O)C(c2ccc(OC)cc2)=C(N2CCN(Cc3ccccc3)CC2)C1=O. The summed E-state index contributed by atoms with van der Waals surface area (Å²) in [4.78, 5) is 32.3. The first-order chi connectivity index (χ1) is 15.1. The van der Waals surface area contributed by atoms with Crippen molar-refractivity contribution in [3.63, 3.8) is 0 Å². The lowest BCUT2D eigenvalue weighted by molar-refractivity contribution is -0.137. The normalized spacial score (nSPS) is 17.6. The number of carbonyl (C=O) groups is 2. The van der Waals surface area contributed by atoms with Gasteiger partial charge >= 0.3 is 0 Å². The molecule has 2 aliphatic heterocycles. The number of rotatable bonds is 7. The highest BCUT2D eigenvalue weighted by Gasteiger charge is 2.41. The molecule has 2 aromatic carbocycles. The van der Waals surface area contributed by atoms with Crippen molar-refractivity contribution in [1.29, 1.82) is 0 Å². The zero-order valence-corrected chi connectivity index (χ0v) is 18.2. The molecule has 1 fully saturated rings. The van der Waals surface area contributed by atoms with Crippen LogP contribution in [0.25, 0.3) is 5.57 Å².